The Balaban J connectivity index is 1.28. The largest absolute Gasteiger partial charge is 0.388 e. The van der Waals surface area contributed by atoms with Crippen LogP contribution in [0.5, 0.6) is 0 Å². The van der Waals surface area contributed by atoms with Gasteiger partial charge < -0.3 is 16.0 Å². The highest BCUT2D eigenvalue weighted by molar-refractivity contribution is 5.95. The molecule has 4 heterocycles. The fourth-order valence-corrected chi connectivity index (χ4v) is 4.78. The molecule has 1 amide bonds. The number of hydrogen-bond donors (Lipinski definition) is 3. The molecule has 7 nitrogen and oxygen atoms in total. The van der Waals surface area contributed by atoms with Gasteiger partial charge in [-0.1, -0.05) is 24.8 Å². The first-order valence-electron chi connectivity index (χ1n) is 12.7. The van der Waals surface area contributed by atoms with E-state index in [9.17, 15) is 4.79 Å². The molecule has 0 bridgehead atoms. The summed E-state index contributed by atoms with van der Waals surface area (Å²) in [6.45, 7) is 4.45. The summed E-state index contributed by atoms with van der Waals surface area (Å²) in [7, 11) is 1.91. The van der Waals surface area contributed by atoms with Gasteiger partial charge in [0.1, 0.15) is 0 Å². The van der Waals surface area contributed by atoms with E-state index in [1.807, 2.05) is 62.2 Å². The lowest BCUT2D eigenvalue weighted by Gasteiger charge is -2.24. The third-order valence-corrected chi connectivity index (χ3v) is 7.04. The van der Waals surface area contributed by atoms with Crippen LogP contribution in [0.15, 0.2) is 91.9 Å². The van der Waals surface area contributed by atoms with Gasteiger partial charge in [0.25, 0.3) is 0 Å². The van der Waals surface area contributed by atoms with Crippen molar-refractivity contribution in [3.8, 4) is 22.3 Å². The topological polar surface area (TPSA) is 91.8 Å². The van der Waals surface area contributed by atoms with Crippen LogP contribution in [-0.2, 0) is 11.2 Å². The Labute approximate surface area is 221 Å². The average Bonchev–Trinajstić information content (AvgIpc) is 3.82. The Morgan fingerprint density at radius 3 is 2.61 bits per heavy atom. The third kappa shape index (κ3) is 4.66. The van der Waals surface area contributed by atoms with E-state index in [1.54, 1.807) is 12.4 Å². The lowest BCUT2D eigenvalue weighted by Crippen LogP contribution is -2.13. The van der Waals surface area contributed by atoms with E-state index < -0.39 is 0 Å². The normalized spacial score (nSPS) is 14.1. The van der Waals surface area contributed by atoms with Crippen molar-refractivity contribution in [2.45, 2.75) is 19.3 Å². The summed E-state index contributed by atoms with van der Waals surface area (Å²) in [4.78, 5) is 25.3. The molecule has 1 aromatic carbocycles. The average molecular weight is 501 g/mol. The molecular formula is C31H28N6O. The minimum atomic E-state index is 0.0697. The number of amides is 1. The predicted octanol–water partition coefficient (Wildman–Crippen LogP) is 6.16. The van der Waals surface area contributed by atoms with E-state index >= 15 is 0 Å². The van der Waals surface area contributed by atoms with Crippen molar-refractivity contribution >= 4 is 28.5 Å². The summed E-state index contributed by atoms with van der Waals surface area (Å²) in [6, 6.07) is 12.2. The number of nitrogens with zero attached hydrogens (tertiary/aromatic N) is 3. The number of carbonyl (C=O) groups is 1. The second kappa shape index (κ2) is 9.94. The molecule has 0 atom stereocenters. The summed E-state index contributed by atoms with van der Waals surface area (Å²) in [6.07, 6.45) is 15.7. The number of hydrogen-bond acceptors (Lipinski definition) is 6. The second-order valence-corrected chi connectivity index (χ2v) is 9.62. The Bertz CT molecular complexity index is 1570. The zero-order valence-electron chi connectivity index (χ0n) is 21.2. The van der Waals surface area contributed by atoms with E-state index in [1.165, 1.54) is 5.56 Å². The van der Waals surface area contributed by atoms with Crippen LogP contribution in [0.4, 0.5) is 17.1 Å². The lowest BCUT2D eigenvalue weighted by atomic mass is 9.92. The molecule has 1 aliphatic heterocycles. The Morgan fingerprint density at radius 1 is 0.974 bits per heavy atom. The maximum absolute atomic E-state index is 12.2. The van der Waals surface area contributed by atoms with E-state index in [2.05, 4.69) is 49.6 Å². The van der Waals surface area contributed by atoms with E-state index in [-0.39, 0.29) is 11.8 Å². The molecule has 0 spiro atoms. The van der Waals surface area contributed by atoms with E-state index in [4.69, 9.17) is 0 Å². The molecule has 0 saturated heterocycles. The molecule has 3 N–H and O–H groups in total. The summed E-state index contributed by atoms with van der Waals surface area (Å²) >= 11 is 0. The highest BCUT2D eigenvalue weighted by Gasteiger charge is 2.29. The number of rotatable bonds is 7. The minimum absolute atomic E-state index is 0.0697. The van der Waals surface area contributed by atoms with Crippen LogP contribution in [-0.4, -0.2) is 27.9 Å². The molecule has 4 aromatic rings. The molecule has 2 aliphatic rings. The lowest BCUT2D eigenvalue weighted by molar-refractivity contribution is -0.117. The third-order valence-electron chi connectivity index (χ3n) is 7.04. The zero-order chi connectivity index (χ0) is 26.1. The van der Waals surface area contributed by atoms with Gasteiger partial charge >= 0.3 is 0 Å². The van der Waals surface area contributed by atoms with Crippen LogP contribution in [0.25, 0.3) is 27.8 Å². The number of anilines is 3. The summed E-state index contributed by atoms with van der Waals surface area (Å²) in [5.41, 5.74) is 10.7. The highest BCUT2D eigenvalue weighted by Crippen LogP contribution is 2.38. The van der Waals surface area contributed by atoms with Crippen molar-refractivity contribution in [1.29, 1.82) is 0 Å². The van der Waals surface area contributed by atoms with Gasteiger partial charge in [-0.25, -0.2) is 0 Å². The van der Waals surface area contributed by atoms with Crippen molar-refractivity contribution < 1.29 is 4.79 Å². The fraction of sp³-hybridized carbons (Fsp3) is 0.161. The number of carbonyl (C=O) groups excluding carboxylic acids is 1. The minimum Gasteiger partial charge on any atom is -0.388 e. The standard InChI is InChI=1S/C31H28N6O/c1-19(28-10-8-25-27(17-35-18-30(25)37-28)22-4-3-11-33-14-22)26-13-21(7-9-29(26)32-2)23-12-24(16-34-15-23)36-31(38)20-5-6-20/h3-4,7,9-18,20,32,37H,1,5-6,8H2,2H3,(H,36,38). The molecule has 1 saturated carbocycles. The molecule has 7 heteroatoms. The molecule has 6 rings (SSSR count). The fourth-order valence-electron chi connectivity index (χ4n) is 4.78. The first-order valence-corrected chi connectivity index (χ1v) is 12.7. The maximum atomic E-state index is 12.2. The van der Waals surface area contributed by atoms with Gasteiger partial charge in [-0.15, -0.1) is 0 Å². The Kier molecular flexibility index (Phi) is 6.17. The molecule has 0 radical (unpaired) electrons. The quantitative estimate of drug-likeness (QED) is 0.281. The van der Waals surface area contributed by atoms with Gasteiger partial charge in [-0.3, -0.25) is 19.7 Å². The molecule has 1 fully saturated rings. The molecule has 3 aromatic heterocycles. The summed E-state index contributed by atoms with van der Waals surface area (Å²) < 4.78 is 0. The molecule has 188 valence electrons. The van der Waals surface area contributed by atoms with Gasteiger partial charge in [0.05, 0.1) is 23.8 Å². The van der Waals surface area contributed by atoms with Crippen molar-refractivity contribution in [2.24, 2.45) is 5.92 Å². The van der Waals surface area contributed by atoms with Gasteiger partial charge in [-0.2, -0.15) is 0 Å². The van der Waals surface area contributed by atoms with Crippen LogP contribution >= 0.6 is 0 Å². The van der Waals surface area contributed by atoms with Crippen molar-refractivity contribution in [3.05, 3.63) is 103 Å². The number of fused-ring (bicyclic) bond motifs is 1. The van der Waals surface area contributed by atoms with Crippen LogP contribution in [0.3, 0.4) is 0 Å². The summed E-state index contributed by atoms with van der Waals surface area (Å²) in [5, 5.41) is 9.84. The zero-order valence-corrected chi connectivity index (χ0v) is 21.2. The first-order chi connectivity index (χ1) is 18.6. The van der Waals surface area contributed by atoms with Crippen molar-refractivity contribution in [3.63, 3.8) is 0 Å². The SMILES string of the molecule is C=C(C1=CCc2c(cncc2-c2cccnc2)N1)c1cc(-c2cncc(NC(=O)C3CC3)c2)ccc1NC. The number of nitrogens with one attached hydrogen (secondary N) is 3. The number of allylic oxidation sites excluding steroid dienone is 2. The van der Waals surface area contributed by atoms with E-state index in [0.717, 1.165) is 69.7 Å². The maximum Gasteiger partial charge on any atom is 0.227 e. The molecule has 0 unspecified atom stereocenters. The van der Waals surface area contributed by atoms with Crippen LogP contribution in [0.1, 0.15) is 24.0 Å². The summed E-state index contributed by atoms with van der Waals surface area (Å²) in [5.74, 6) is 0.209. The number of pyridine rings is 3. The second-order valence-electron chi connectivity index (χ2n) is 9.62. The van der Waals surface area contributed by atoms with E-state index in [0.29, 0.717) is 5.69 Å². The molecule has 38 heavy (non-hydrogen) atoms. The number of aromatic nitrogens is 3. The van der Waals surface area contributed by atoms with Crippen molar-refractivity contribution in [2.75, 3.05) is 23.0 Å². The van der Waals surface area contributed by atoms with Crippen LogP contribution < -0.4 is 16.0 Å². The molecule has 1 aliphatic carbocycles. The van der Waals surface area contributed by atoms with Crippen LogP contribution in [0, 0.1) is 5.92 Å². The predicted molar refractivity (Wildman–Crippen MR) is 152 cm³/mol. The van der Waals surface area contributed by atoms with Gasteiger partial charge in [0.2, 0.25) is 5.91 Å². The van der Waals surface area contributed by atoms with Gasteiger partial charge in [0.15, 0.2) is 0 Å². The first kappa shape index (κ1) is 23.6. The van der Waals surface area contributed by atoms with Gasteiger partial charge in [-0.05, 0) is 60.2 Å². The Hall–Kier alpha value is -4.78. The number of benzene rings is 1. The van der Waals surface area contributed by atoms with Crippen molar-refractivity contribution in [1.82, 2.24) is 15.0 Å². The van der Waals surface area contributed by atoms with Gasteiger partial charge in [0, 0.05) is 71.4 Å². The van der Waals surface area contributed by atoms with Crippen LogP contribution in [0.2, 0.25) is 0 Å². The smallest absolute Gasteiger partial charge is 0.227 e. The Morgan fingerprint density at radius 2 is 1.82 bits per heavy atom. The monoisotopic (exact) mass is 500 g/mol. The molecular weight excluding hydrogens is 472 g/mol. The highest BCUT2D eigenvalue weighted by atomic mass is 16.2.